The second-order valence-corrected chi connectivity index (χ2v) is 7.78. The number of nitrogens with two attached hydrogens (primary N) is 1. The molecule has 6 nitrogen and oxygen atoms in total. The molecule has 7 heteroatoms. The van der Waals surface area contributed by atoms with Gasteiger partial charge in [0.1, 0.15) is 11.1 Å². The van der Waals surface area contributed by atoms with E-state index in [4.69, 9.17) is 5.73 Å². The molecule has 1 aliphatic heterocycles. The van der Waals surface area contributed by atoms with Crippen LogP contribution in [-0.2, 0) is 17.9 Å². The lowest BCUT2D eigenvalue weighted by molar-refractivity contribution is -0.114. The third-order valence-electron chi connectivity index (χ3n) is 4.69. The summed E-state index contributed by atoms with van der Waals surface area (Å²) < 4.78 is 1.82. The molecular weight excluding hydrogens is 370 g/mol. The van der Waals surface area contributed by atoms with Crippen LogP contribution in [0.5, 0.6) is 0 Å². The summed E-state index contributed by atoms with van der Waals surface area (Å²) in [5.74, 6) is -0.403. The number of amides is 1. The van der Waals surface area contributed by atoms with Crippen LogP contribution in [0.4, 0.5) is 0 Å². The van der Waals surface area contributed by atoms with Crippen molar-refractivity contribution in [3.8, 4) is 0 Å². The molecule has 2 aromatic carbocycles. The molecular formula is C21H21N5OS. The van der Waals surface area contributed by atoms with Crippen molar-refractivity contribution in [2.24, 2.45) is 5.73 Å². The van der Waals surface area contributed by atoms with Gasteiger partial charge in [-0.1, -0.05) is 77.6 Å². The fraction of sp³-hybridized carbons (Fsp3) is 0.190. The maximum Gasteiger partial charge on any atom is 0.256 e. The fourth-order valence-electron chi connectivity index (χ4n) is 3.28. The van der Waals surface area contributed by atoms with Crippen molar-refractivity contribution in [1.82, 2.24) is 19.9 Å². The lowest BCUT2D eigenvalue weighted by Crippen LogP contribution is -2.22. The standard InChI is InChI=1S/C21H21N5OS/c1-15-19(20(22)27)28-21(26(15)13-17-10-6-3-7-11-17)18-14-25(24-23-18)12-16-8-4-2-5-9-16/h2-11,14,21H,12-13H2,1H3,(H2,22,27). The summed E-state index contributed by atoms with van der Waals surface area (Å²) in [4.78, 5) is 14.7. The molecule has 1 amide bonds. The van der Waals surface area contributed by atoms with E-state index in [1.54, 1.807) is 0 Å². The highest BCUT2D eigenvalue weighted by Gasteiger charge is 2.35. The lowest BCUT2D eigenvalue weighted by atomic mass is 10.2. The topological polar surface area (TPSA) is 77.0 Å². The number of primary amides is 1. The van der Waals surface area contributed by atoms with Crippen LogP contribution in [0.1, 0.15) is 29.1 Å². The molecule has 28 heavy (non-hydrogen) atoms. The Morgan fingerprint density at radius 3 is 2.25 bits per heavy atom. The molecule has 1 aliphatic rings. The second-order valence-electron chi connectivity index (χ2n) is 6.69. The molecule has 0 saturated heterocycles. The first-order valence-corrected chi connectivity index (χ1v) is 9.91. The summed E-state index contributed by atoms with van der Waals surface area (Å²) in [5, 5.41) is 8.54. The Balaban J connectivity index is 1.59. The summed E-state index contributed by atoms with van der Waals surface area (Å²) in [6.45, 7) is 3.26. The van der Waals surface area contributed by atoms with Crippen molar-refractivity contribution in [3.63, 3.8) is 0 Å². The largest absolute Gasteiger partial charge is 0.365 e. The molecule has 0 spiro atoms. The molecule has 0 fully saturated rings. The zero-order chi connectivity index (χ0) is 19.5. The maximum absolute atomic E-state index is 11.9. The first-order valence-electron chi connectivity index (χ1n) is 9.03. The monoisotopic (exact) mass is 391 g/mol. The summed E-state index contributed by atoms with van der Waals surface area (Å²) in [5.41, 5.74) is 9.62. The van der Waals surface area contributed by atoms with Crippen LogP contribution in [-0.4, -0.2) is 25.8 Å². The third kappa shape index (κ3) is 3.80. The van der Waals surface area contributed by atoms with Gasteiger partial charge in [-0.2, -0.15) is 0 Å². The van der Waals surface area contributed by atoms with Gasteiger partial charge >= 0.3 is 0 Å². The van der Waals surface area contributed by atoms with E-state index in [0.29, 0.717) is 18.0 Å². The second kappa shape index (κ2) is 7.90. The van der Waals surface area contributed by atoms with Gasteiger partial charge in [-0.15, -0.1) is 5.10 Å². The van der Waals surface area contributed by atoms with Crippen molar-refractivity contribution >= 4 is 17.7 Å². The summed E-state index contributed by atoms with van der Waals surface area (Å²) in [6.07, 6.45) is 1.94. The highest BCUT2D eigenvalue weighted by atomic mass is 32.2. The van der Waals surface area contributed by atoms with E-state index in [0.717, 1.165) is 22.5 Å². The third-order valence-corrected chi connectivity index (χ3v) is 6.14. The Morgan fingerprint density at radius 2 is 1.64 bits per heavy atom. The van der Waals surface area contributed by atoms with E-state index < -0.39 is 5.91 Å². The number of nitrogens with zero attached hydrogens (tertiary/aromatic N) is 4. The number of aromatic nitrogens is 3. The maximum atomic E-state index is 11.9. The van der Waals surface area contributed by atoms with E-state index in [9.17, 15) is 4.79 Å². The highest BCUT2D eigenvalue weighted by molar-refractivity contribution is 8.04. The van der Waals surface area contributed by atoms with E-state index in [-0.39, 0.29) is 5.37 Å². The molecule has 1 atom stereocenters. The highest BCUT2D eigenvalue weighted by Crippen LogP contribution is 2.47. The van der Waals surface area contributed by atoms with Gasteiger partial charge in [0.2, 0.25) is 0 Å². The van der Waals surface area contributed by atoms with Crippen LogP contribution >= 0.6 is 11.8 Å². The normalized spacial score (nSPS) is 16.6. The van der Waals surface area contributed by atoms with E-state index in [2.05, 4.69) is 39.5 Å². The Hall–Kier alpha value is -3.06. The Morgan fingerprint density at radius 1 is 1.04 bits per heavy atom. The van der Waals surface area contributed by atoms with Crippen LogP contribution in [0.3, 0.4) is 0 Å². The molecule has 0 bridgehead atoms. The molecule has 2 heterocycles. The first kappa shape index (κ1) is 18.3. The Kier molecular flexibility index (Phi) is 5.16. The molecule has 142 valence electrons. The van der Waals surface area contributed by atoms with Crippen molar-refractivity contribution in [3.05, 3.63) is 94.3 Å². The molecule has 2 N–H and O–H groups in total. The Labute approximate surface area is 168 Å². The van der Waals surface area contributed by atoms with Crippen LogP contribution < -0.4 is 5.73 Å². The van der Waals surface area contributed by atoms with Gasteiger partial charge in [0.15, 0.2) is 0 Å². The van der Waals surface area contributed by atoms with Gasteiger partial charge in [-0.25, -0.2) is 4.68 Å². The molecule has 0 saturated carbocycles. The van der Waals surface area contributed by atoms with Gasteiger partial charge in [0, 0.05) is 12.2 Å². The van der Waals surface area contributed by atoms with Gasteiger partial charge < -0.3 is 10.6 Å². The van der Waals surface area contributed by atoms with Crippen LogP contribution in [0, 0.1) is 0 Å². The number of rotatable bonds is 6. The number of benzene rings is 2. The minimum atomic E-state index is -0.403. The van der Waals surface area contributed by atoms with Crippen molar-refractivity contribution in [2.45, 2.75) is 25.4 Å². The van der Waals surface area contributed by atoms with Crippen molar-refractivity contribution in [2.75, 3.05) is 0 Å². The minimum Gasteiger partial charge on any atom is -0.365 e. The molecule has 0 aliphatic carbocycles. The number of carbonyl (C=O) groups is 1. The van der Waals surface area contributed by atoms with Crippen molar-refractivity contribution < 1.29 is 4.79 Å². The number of carbonyl (C=O) groups excluding carboxylic acids is 1. The predicted octanol–water partition coefficient (Wildman–Crippen LogP) is 3.29. The number of thioether (sulfide) groups is 1. The predicted molar refractivity (Wildman–Crippen MR) is 110 cm³/mol. The average molecular weight is 392 g/mol. The molecule has 4 rings (SSSR count). The number of allylic oxidation sites excluding steroid dienone is 1. The van der Waals surface area contributed by atoms with Gasteiger partial charge in [-0.05, 0) is 18.1 Å². The quantitative estimate of drug-likeness (QED) is 0.698. The van der Waals surface area contributed by atoms with Crippen LogP contribution in [0.15, 0.2) is 77.5 Å². The fourth-order valence-corrected chi connectivity index (χ4v) is 4.50. The number of hydrogen-bond donors (Lipinski definition) is 1. The van der Waals surface area contributed by atoms with Gasteiger partial charge in [-0.3, -0.25) is 4.79 Å². The van der Waals surface area contributed by atoms with Crippen LogP contribution in [0.25, 0.3) is 0 Å². The Bertz CT molecular complexity index is 1000. The smallest absolute Gasteiger partial charge is 0.256 e. The average Bonchev–Trinajstić information content (AvgIpc) is 3.28. The van der Waals surface area contributed by atoms with Gasteiger partial charge in [0.05, 0.1) is 17.6 Å². The van der Waals surface area contributed by atoms with E-state index in [1.807, 2.05) is 54.2 Å². The first-order chi connectivity index (χ1) is 13.6. The molecule has 1 aromatic heterocycles. The van der Waals surface area contributed by atoms with E-state index in [1.165, 1.54) is 11.8 Å². The van der Waals surface area contributed by atoms with Crippen molar-refractivity contribution in [1.29, 1.82) is 0 Å². The summed E-state index contributed by atoms with van der Waals surface area (Å²) >= 11 is 1.44. The molecule has 3 aromatic rings. The molecule has 1 unspecified atom stereocenters. The summed E-state index contributed by atoms with van der Waals surface area (Å²) in [6, 6.07) is 20.3. The SMILES string of the molecule is CC1=C(C(N)=O)SC(c2cn(Cc3ccccc3)nn2)N1Cc1ccccc1. The minimum absolute atomic E-state index is 0.132. The molecule has 0 radical (unpaired) electrons. The van der Waals surface area contributed by atoms with Gasteiger partial charge in [0.25, 0.3) is 5.91 Å². The van der Waals surface area contributed by atoms with Crippen LogP contribution in [0.2, 0.25) is 0 Å². The van der Waals surface area contributed by atoms with E-state index >= 15 is 0 Å². The number of hydrogen-bond acceptors (Lipinski definition) is 5. The zero-order valence-electron chi connectivity index (χ0n) is 15.5. The lowest BCUT2D eigenvalue weighted by Gasteiger charge is -2.26. The zero-order valence-corrected chi connectivity index (χ0v) is 16.3. The summed E-state index contributed by atoms with van der Waals surface area (Å²) in [7, 11) is 0.